The van der Waals surface area contributed by atoms with Crippen LogP contribution in [0.3, 0.4) is 0 Å². The molecule has 0 aliphatic rings. The standard InChI is InChI=1S/C26H24FN3O3/c1-17(2)24(33-23-12-4-3-8-20(23)15-28)26(32)29-16-18-7-5-11-22(13-18)30-25(31)19-9-6-10-21(27)14-19/h3-14,17,24H,16H2,1-2H3,(H,29,32)(H,30,31). The highest BCUT2D eigenvalue weighted by molar-refractivity contribution is 6.04. The molecule has 1 unspecified atom stereocenters. The largest absolute Gasteiger partial charge is 0.479 e. The van der Waals surface area contributed by atoms with Gasteiger partial charge in [0.2, 0.25) is 0 Å². The number of nitrogens with zero attached hydrogens (tertiary/aromatic N) is 1. The monoisotopic (exact) mass is 445 g/mol. The van der Waals surface area contributed by atoms with Gasteiger partial charge in [-0.05, 0) is 53.9 Å². The zero-order valence-electron chi connectivity index (χ0n) is 18.3. The summed E-state index contributed by atoms with van der Waals surface area (Å²) in [6.07, 6.45) is -0.782. The van der Waals surface area contributed by atoms with Crippen LogP contribution >= 0.6 is 0 Å². The molecule has 0 radical (unpaired) electrons. The second-order valence-corrected chi connectivity index (χ2v) is 7.77. The van der Waals surface area contributed by atoms with Gasteiger partial charge < -0.3 is 15.4 Å². The normalized spacial score (nSPS) is 11.4. The van der Waals surface area contributed by atoms with Gasteiger partial charge in [-0.3, -0.25) is 9.59 Å². The second kappa shape index (κ2) is 10.9. The minimum atomic E-state index is -0.782. The van der Waals surface area contributed by atoms with Gasteiger partial charge in [-0.2, -0.15) is 5.26 Å². The van der Waals surface area contributed by atoms with Gasteiger partial charge in [-0.1, -0.05) is 44.2 Å². The summed E-state index contributed by atoms with van der Waals surface area (Å²) >= 11 is 0. The van der Waals surface area contributed by atoms with Gasteiger partial charge in [0.15, 0.2) is 6.10 Å². The summed E-state index contributed by atoms with van der Waals surface area (Å²) in [5.41, 5.74) is 1.86. The highest BCUT2D eigenvalue weighted by atomic mass is 19.1. The van der Waals surface area contributed by atoms with Crippen molar-refractivity contribution in [3.8, 4) is 11.8 Å². The van der Waals surface area contributed by atoms with Crippen molar-refractivity contribution in [1.82, 2.24) is 5.32 Å². The van der Waals surface area contributed by atoms with E-state index in [-0.39, 0.29) is 23.9 Å². The molecule has 6 nitrogen and oxygen atoms in total. The first-order valence-electron chi connectivity index (χ1n) is 10.5. The number of carbonyl (C=O) groups excluding carboxylic acids is 2. The topological polar surface area (TPSA) is 91.2 Å². The summed E-state index contributed by atoms with van der Waals surface area (Å²) in [6.45, 7) is 3.94. The average Bonchev–Trinajstić information content (AvgIpc) is 2.81. The Morgan fingerprint density at radius 3 is 2.52 bits per heavy atom. The van der Waals surface area contributed by atoms with E-state index in [1.165, 1.54) is 18.2 Å². The number of anilines is 1. The third-order valence-electron chi connectivity index (χ3n) is 4.86. The number of amides is 2. The van der Waals surface area contributed by atoms with E-state index < -0.39 is 17.8 Å². The summed E-state index contributed by atoms with van der Waals surface area (Å²) in [6, 6.07) is 21.3. The van der Waals surface area contributed by atoms with Crippen LogP contribution in [0.2, 0.25) is 0 Å². The number of halogens is 1. The van der Waals surface area contributed by atoms with Crippen LogP contribution in [-0.4, -0.2) is 17.9 Å². The lowest BCUT2D eigenvalue weighted by atomic mass is 10.1. The summed E-state index contributed by atoms with van der Waals surface area (Å²) in [4.78, 5) is 25.2. The number of nitriles is 1. The minimum Gasteiger partial charge on any atom is -0.479 e. The van der Waals surface area contributed by atoms with Gasteiger partial charge in [0, 0.05) is 17.8 Å². The molecule has 0 aliphatic heterocycles. The highest BCUT2D eigenvalue weighted by Crippen LogP contribution is 2.21. The summed E-state index contributed by atoms with van der Waals surface area (Å²) < 4.78 is 19.2. The van der Waals surface area contributed by atoms with Crippen molar-refractivity contribution in [2.45, 2.75) is 26.5 Å². The summed E-state index contributed by atoms with van der Waals surface area (Å²) in [5, 5.41) is 14.8. The first-order valence-corrected chi connectivity index (χ1v) is 10.5. The smallest absolute Gasteiger partial charge is 0.261 e. The fourth-order valence-electron chi connectivity index (χ4n) is 3.17. The van der Waals surface area contributed by atoms with Crippen LogP contribution < -0.4 is 15.4 Å². The molecule has 0 fully saturated rings. The minimum absolute atomic E-state index is 0.131. The van der Waals surface area contributed by atoms with Crippen molar-refractivity contribution in [1.29, 1.82) is 5.26 Å². The van der Waals surface area contributed by atoms with E-state index in [1.807, 2.05) is 19.9 Å². The molecule has 0 heterocycles. The van der Waals surface area contributed by atoms with E-state index in [1.54, 1.807) is 42.5 Å². The van der Waals surface area contributed by atoms with Crippen molar-refractivity contribution < 1.29 is 18.7 Å². The molecule has 33 heavy (non-hydrogen) atoms. The maximum atomic E-state index is 13.4. The van der Waals surface area contributed by atoms with E-state index in [4.69, 9.17) is 4.74 Å². The molecule has 3 aromatic rings. The molecule has 0 bridgehead atoms. The molecule has 168 valence electrons. The van der Waals surface area contributed by atoms with E-state index in [0.717, 1.165) is 11.6 Å². The molecule has 0 aromatic heterocycles. The van der Waals surface area contributed by atoms with Gasteiger partial charge in [0.1, 0.15) is 17.6 Å². The average molecular weight is 445 g/mol. The number of rotatable bonds is 8. The van der Waals surface area contributed by atoms with E-state index in [0.29, 0.717) is 17.0 Å². The fraction of sp³-hybridized carbons (Fsp3) is 0.192. The number of ether oxygens (including phenoxy) is 1. The lowest BCUT2D eigenvalue weighted by Gasteiger charge is -2.22. The number of para-hydroxylation sites is 1. The number of hydrogen-bond acceptors (Lipinski definition) is 4. The SMILES string of the molecule is CC(C)C(Oc1ccccc1C#N)C(=O)NCc1cccc(NC(=O)c2cccc(F)c2)c1. The Kier molecular flexibility index (Phi) is 7.77. The van der Waals surface area contributed by atoms with Gasteiger partial charge in [-0.15, -0.1) is 0 Å². The maximum Gasteiger partial charge on any atom is 0.261 e. The first-order chi connectivity index (χ1) is 15.9. The highest BCUT2D eigenvalue weighted by Gasteiger charge is 2.25. The Labute approximate surface area is 192 Å². The van der Waals surface area contributed by atoms with Crippen LogP contribution in [0, 0.1) is 23.1 Å². The van der Waals surface area contributed by atoms with Crippen LogP contribution in [0.4, 0.5) is 10.1 Å². The van der Waals surface area contributed by atoms with E-state index >= 15 is 0 Å². The molecule has 0 spiro atoms. The Morgan fingerprint density at radius 1 is 1.03 bits per heavy atom. The molecular weight excluding hydrogens is 421 g/mol. The Bertz CT molecular complexity index is 1190. The van der Waals surface area contributed by atoms with Crippen molar-refractivity contribution in [3.05, 3.63) is 95.3 Å². The number of nitrogens with one attached hydrogen (secondary N) is 2. The van der Waals surface area contributed by atoms with Crippen LogP contribution in [0.25, 0.3) is 0 Å². The Hall–Kier alpha value is -4.18. The molecule has 0 aliphatic carbocycles. The van der Waals surface area contributed by atoms with Crippen molar-refractivity contribution in [2.24, 2.45) is 5.92 Å². The van der Waals surface area contributed by atoms with Crippen LogP contribution in [0.15, 0.2) is 72.8 Å². The van der Waals surface area contributed by atoms with Gasteiger partial charge in [0.05, 0.1) is 5.56 Å². The van der Waals surface area contributed by atoms with E-state index in [9.17, 15) is 19.2 Å². The third-order valence-corrected chi connectivity index (χ3v) is 4.86. The molecule has 2 amide bonds. The zero-order chi connectivity index (χ0) is 23.8. The van der Waals surface area contributed by atoms with Crippen LogP contribution in [0.1, 0.15) is 35.3 Å². The number of benzene rings is 3. The van der Waals surface area contributed by atoms with Gasteiger partial charge in [0.25, 0.3) is 11.8 Å². The summed E-state index contributed by atoms with van der Waals surface area (Å²) in [7, 11) is 0. The van der Waals surface area contributed by atoms with Crippen LogP contribution in [-0.2, 0) is 11.3 Å². The first kappa shape index (κ1) is 23.5. The molecule has 0 saturated heterocycles. The lowest BCUT2D eigenvalue weighted by Crippen LogP contribution is -2.41. The predicted molar refractivity (Wildman–Crippen MR) is 123 cm³/mol. The van der Waals surface area contributed by atoms with Crippen molar-refractivity contribution in [2.75, 3.05) is 5.32 Å². The maximum absolute atomic E-state index is 13.4. The van der Waals surface area contributed by atoms with Crippen molar-refractivity contribution >= 4 is 17.5 Å². The molecule has 2 N–H and O–H groups in total. The predicted octanol–water partition coefficient (Wildman–Crippen LogP) is 4.67. The molecule has 0 saturated carbocycles. The fourth-order valence-corrected chi connectivity index (χ4v) is 3.17. The third kappa shape index (κ3) is 6.40. The van der Waals surface area contributed by atoms with Gasteiger partial charge >= 0.3 is 0 Å². The second-order valence-electron chi connectivity index (χ2n) is 7.77. The number of hydrogen-bond donors (Lipinski definition) is 2. The molecule has 3 rings (SSSR count). The van der Waals surface area contributed by atoms with Crippen LogP contribution in [0.5, 0.6) is 5.75 Å². The Morgan fingerprint density at radius 2 is 1.79 bits per heavy atom. The van der Waals surface area contributed by atoms with E-state index in [2.05, 4.69) is 16.7 Å². The Balaban J connectivity index is 1.64. The number of carbonyl (C=O) groups is 2. The molecule has 1 atom stereocenters. The van der Waals surface area contributed by atoms with Gasteiger partial charge in [-0.25, -0.2) is 4.39 Å². The zero-order valence-corrected chi connectivity index (χ0v) is 18.3. The molecular formula is C26H24FN3O3. The molecule has 3 aromatic carbocycles. The summed E-state index contributed by atoms with van der Waals surface area (Å²) in [5.74, 6) is -1.00. The molecule has 7 heteroatoms. The quantitative estimate of drug-likeness (QED) is 0.527. The van der Waals surface area contributed by atoms with Crippen molar-refractivity contribution in [3.63, 3.8) is 0 Å². The lowest BCUT2D eigenvalue weighted by molar-refractivity contribution is -0.130.